The van der Waals surface area contributed by atoms with Gasteiger partial charge < -0.3 is 5.11 Å². The summed E-state index contributed by atoms with van der Waals surface area (Å²) >= 11 is 0. The Labute approximate surface area is 89.0 Å². The van der Waals surface area contributed by atoms with Gasteiger partial charge in [0.15, 0.2) is 0 Å². The Kier molecular flexibility index (Phi) is 3.05. The number of benzene rings is 1. The lowest BCUT2D eigenvalue weighted by molar-refractivity contribution is -0.138. The van der Waals surface area contributed by atoms with E-state index in [-0.39, 0.29) is 12.0 Å². The maximum Gasteiger partial charge on any atom is 0.421 e. The Balaban J connectivity index is 3.44. The largest absolute Gasteiger partial charge is 0.507 e. The van der Waals surface area contributed by atoms with Crippen LogP contribution in [0.25, 0.3) is 0 Å². The summed E-state index contributed by atoms with van der Waals surface area (Å²) in [6.45, 7) is 0. The molecule has 0 heterocycles. The summed E-state index contributed by atoms with van der Waals surface area (Å²) in [4.78, 5) is 0. The van der Waals surface area contributed by atoms with Gasteiger partial charge in [0.05, 0.1) is 24.1 Å². The van der Waals surface area contributed by atoms with Gasteiger partial charge in [-0.1, -0.05) is 0 Å². The van der Waals surface area contributed by atoms with Crippen molar-refractivity contribution in [2.75, 3.05) is 0 Å². The number of hydrogen-bond acceptors (Lipinski definition) is 3. The number of aromatic hydroxyl groups is 1. The molecular formula is C10H5F3N2O. The van der Waals surface area contributed by atoms with Gasteiger partial charge in [0.25, 0.3) is 0 Å². The SMILES string of the molecule is N#CCc1cc(O)c(C(F)(F)F)c(C#N)c1. The molecule has 6 heteroatoms. The van der Waals surface area contributed by atoms with E-state index in [1.54, 1.807) is 6.07 Å². The minimum atomic E-state index is -4.79. The molecule has 0 saturated heterocycles. The van der Waals surface area contributed by atoms with Crippen molar-refractivity contribution in [2.45, 2.75) is 12.6 Å². The van der Waals surface area contributed by atoms with Crippen LogP contribution in [0.2, 0.25) is 0 Å². The number of alkyl halides is 3. The Morgan fingerprint density at radius 3 is 2.31 bits per heavy atom. The van der Waals surface area contributed by atoms with Crippen molar-refractivity contribution in [1.82, 2.24) is 0 Å². The number of halogens is 3. The van der Waals surface area contributed by atoms with E-state index in [1.165, 1.54) is 6.07 Å². The molecule has 3 nitrogen and oxygen atoms in total. The van der Waals surface area contributed by atoms with Crippen molar-refractivity contribution in [1.29, 1.82) is 10.5 Å². The molecule has 0 aliphatic rings. The van der Waals surface area contributed by atoms with Gasteiger partial charge in [-0.15, -0.1) is 0 Å². The van der Waals surface area contributed by atoms with Crippen molar-refractivity contribution < 1.29 is 18.3 Å². The van der Waals surface area contributed by atoms with Gasteiger partial charge in [0.2, 0.25) is 0 Å². The first-order valence-corrected chi connectivity index (χ1v) is 4.10. The molecule has 0 radical (unpaired) electrons. The summed E-state index contributed by atoms with van der Waals surface area (Å²) in [5.74, 6) is -1.03. The number of nitriles is 2. The highest BCUT2D eigenvalue weighted by Gasteiger charge is 2.37. The molecular weight excluding hydrogens is 221 g/mol. The summed E-state index contributed by atoms with van der Waals surface area (Å²) in [5.41, 5.74) is -1.88. The highest BCUT2D eigenvalue weighted by molar-refractivity contribution is 5.50. The van der Waals surface area contributed by atoms with Gasteiger partial charge in [-0.3, -0.25) is 0 Å². The second-order valence-corrected chi connectivity index (χ2v) is 2.98. The summed E-state index contributed by atoms with van der Waals surface area (Å²) < 4.78 is 37.3. The van der Waals surface area contributed by atoms with Crippen LogP contribution >= 0.6 is 0 Å². The number of phenolic OH excluding ortho intramolecular Hbond substituents is 1. The molecule has 1 N–H and O–H groups in total. The monoisotopic (exact) mass is 226 g/mol. The van der Waals surface area contributed by atoms with E-state index in [2.05, 4.69) is 0 Å². The normalized spacial score (nSPS) is 10.6. The molecule has 0 bridgehead atoms. The summed E-state index contributed by atoms with van der Waals surface area (Å²) in [7, 11) is 0. The van der Waals surface area contributed by atoms with Crippen LogP contribution in [0, 0.1) is 22.7 Å². The predicted molar refractivity (Wildman–Crippen MR) is 47.1 cm³/mol. The molecule has 0 aliphatic carbocycles. The summed E-state index contributed by atoms with van der Waals surface area (Å²) in [6, 6.07) is 4.86. The highest BCUT2D eigenvalue weighted by Crippen LogP contribution is 2.38. The zero-order chi connectivity index (χ0) is 12.3. The molecule has 82 valence electrons. The molecule has 0 saturated carbocycles. The maximum atomic E-state index is 12.4. The third kappa shape index (κ3) is 2.23. The number of rotatable bonds is 1. The zero-order valence-electron chi connectivity index (χ0n) is 7.84. The Hall–Kier alpha value is -2.21. The molecule has 16 heavy (non-hydrogen) atoms. The average molecular weight is 226 g/mol. The Morgan fingerprint density at radius 1 is 1.25 bits per heavy atom. The molecule has 0 atom stereocenters. The van der Waals surface area contributed by atoms with Crippen LogP contribution < -0.4 is 0 Å². The number of phenols is 1. The van der Waals surface area contributed by atoms with Crippen LogP contribution in [-0.2, 0) is 12.6 Å². The molecule has 0 spiro atoms. The zero-order valence-corrected chi connectivity index (χ0v) is 7.84. The fourth-order valence-electron chi connectivity index (χ4n) is 1.26. The van der Waals surface area contributed by atoms with Crippen molar-refractivity contribution in [3.05, 3.63) is 28.8 Å². The Morgan fingerprint density at radius 2 is 1.88 bits per heavy atom. The second kappa shape index (κ2) is 4.11. The smallest absolute Gasteiger partial charge is 0.421 e. The topological polar surface area (TPSA) is 67.8 Å². The summed E-state index contributed by atoms with van der Waals surface area (Å²) in [5, 5.41) is 26.1. The molecule has 0 aromatic heterocycles. The lowest BCUT2D eigenvalue weighted by Gasteiger charge is -2.11. The van der Waals surface area contributed by atoms with Gasteiger partial charge in [-0.25, -0.2) is 0 Å². The molecule has 0 unspecified atom stereocenters. The van der Waals surface area contributed by atoms with Crippen LogP contribution in [0.1, 0.15) is 16.7 Å². The molecule has 1 aromatic carbocycles. The van der Waals surface area contributed by atoms with Crippen molar-refractivity contribution in [2.24, 2.45) is 0 Å². The molecule has 0 amide bonds. The fourth-order valence-corrected chi connectivity index (χ4v) is 1.26. The van der Waals surface area contributed by atoms with Gasteiger partial charge in [0, 0.05) is 0 Å². The van der Waals surface area contributed by atoms with E-state index < -0.39 is 23.1 Å². The molecule has 1 rings (SSSR count). The lowest BCUT2D eigenvalue weighted by Crippen LogP contribution is -2.08. The van der Waals surface area contributed by atoms with Crippen molar-refractivity contribution >= 4 is 0 Å². The van der Waals surface area contributed by atoms with E-state index >= 15 is 0 Å². The van der Waals surface area contributed by atoms with Crippen LogP contribution in [-0.4, -0.2) is 5.11 Å². The van der Waals surface area contributed by atoms with Crippen LogP contribution in [0.5, 0.6) is 5.75 Å². The molecule has 1 aromatic rings. The van der Waals surface area contributed by atoms with Crippen LogP contribution in [0.15, 0.2) is 12.1 Å². The molecule has 0 fully saturated rings. The van der Waals surface area contributed by atoms with E-state index in [1.807, 2.05) is 0 Å². The van der Waals surface area contributed by atoms with E-state index in [0.717, 1.165) is 12.1 Å². The van der Waals surface area contributed by atoms with Gasteiger partial charge in [-0.05, 0) is 17.7 Å². The first kappa shape index (κ1) is 11.9. The fraction of sp³-hybridized carbons (Fsp3) is 0.200. The predicted octanol–water partition coefficient (Wildman–Crippen LogP) is 2.35. The quantitative estimate of drug-likeness (QED) is 0.799. The number of nitrogens with zero attached hydrogens (tertiary/aromatic N) is 2. The minimum absolute atomic E-state index is 0.166. The van der Waals surface area contributed by atoms with Gasteiger partial charge in [0.1, 0.15) is 11.3 Å². The van der Waals surface area contributed by atoms with Gasteiger partial charge in [-0.2, -0.15) is 23.7 Å². The maximum absolute atomic E-state index is 12.4. The molecule has 0 aliphatic heterocycles. The van der Waals surface area contributed by atoms with Gasteiger partial charge >= 0.3 is 6.18 Å². The third-order valence-corrected chi connectivity index (χ3v) is 1.86. The third-order valence-electron chi connectivity index (χ3n) is 1.86. The first-order chi connectivity index (χ1) is 7.40. The lowest BCUT2D eigenvalue weighted by atomic mass is 10.0. The van der Waals surface area contributed by atoms with Crippen molar-refractivity contribution in [3.63, 3.8) is 0 Å². The Bertz CT molecular complexity index is 495. The van der Waals surface area contributed by atoms with E-state index in [0.29, 0.717) is 0 Å². The van der Waals surface area contributed by atoms with Crippen LogP contribution in [0.3, 0.4) is 0 Å². The van der Waals surface area contributed by atoms with E-state index in [4.69, 9.17) is 10.5 Å². The van der Waals surface area contributed by atoms with Crippen molar-refractivity contribution in [3.8, 4) is 17.9 Å². The van der Waals surface area contributed by atoms with E-state index in [9.17, 15) is 18.3 Å². The average Bonchev–Trinajstić information content (AvgIpc) is 2.15. The minimum Gasteiger partial charge on any atom is -0.507 e. The van der Waals surface area contributed by atoms with Crippen LogP contribution in [0.4, 0.5) is 13.2 Å². The highest BCUT2D eigenvalue weighted by atomic mass is 19.4. The second-order valence-electron chi connectivity index (χ2n) is 2.98. The summed E-state index contributed by atoms with van der Waals surface area (Å²) in [6.07, 6.45) is -4.96. The first-order valence-electron chi connectivity index (χ1n) is 4.10. The standard InChI is InChI=1S/C10H5F3N2O/c11-10(12,13)9-7(5-15)3-6(1-2-14)4-8(9)16/h3-4,16H,1H2. The number of hydrogen-bond donors (Lipinski definition) is 1.